The Morgan fingerprint density at radius 2 is 2.12 bits per heavy atom. The number of rotatable bonds is 5. The Kier molecular flexibility index (Phi) is 5.49. The van der Waals surface area contributed by atoms with E-state index in [1.54, 1.807) is 24.8 Å². The first-order valence-corrected chi connectivity index (χ1v) is 6.37. The molecule has 1 aromatic carbocycles. The predicted octanol–water partition coefficient (Wildman–Crippen LogP) is 3.11. The number of thioether (sulfide) groups is 1. The standard InChI is InChI=1S/C12H14O2S2/c1-9(12(13)14)7-10(15)8-16-11-5-3-2-4-6-11/h2-7,10,15H,8H2,1H3,(H,13,14). The monoisotopic (exact) mass is 254 g/mol. The minimum atomic E-state index is -0.885. The van der Waals surface area contributed by atoms with E-state index < -0.39 is 5.97 Å². The molecule has 16 heavy (non-hydrogen) atoms. The molecule has 86 valence electrons. The third kappa shape index (κ3) is 4.77. The smallest absolute Gasteiger partial charge is 0.330 e. The van der Waals surface area contributed by atoms with Gasteiger partial charge in [0.15, 0.2) is 0 Å². The van der Waals surface area contributed by atoms with Crippen LogP contribution in [0.4, 0.5) is 0 Å². The van der Waals surface area contributed by atoms with Gasteiger partial charge in [0, 0.05) is 21.5 Å². The van der Waals surface area contributed by atoms with Gasteiger partial charge in [-0.05, 0) is 19.1 Å². The summed E-state index contributed by atoms with van der Waals surface area (Å²) >= 11 is 6.00. The first kappa shape index (κ1) is 13.2. The maximum Gasteiger partial charge on any atom is 0.330 e. The predicted molar refractivity (Wildman–Crippen MR) is 71.3 cm³/mol. The van der Waals surface area contributed by atoms with E-state index in [1.807, 2.05) is 30.3 Å². The van der Waals surface area contributed by atoms with Gasteiger partial charge in [0.25, 0.3) is 0 Å². The quantitative estimate of drug-likeness (QED) is 0.481. The van der Waals surface area contributed by atoms with Gasteiger partial charge in [-0.15, -0.1) is 11.8 Å². The van der Waals surface area contributed by atoms with E-state index in [1.165, 1.54) is 4.90 Å². The van der Waals surface area contributed by atoms with Crippen molar-refractivity contribution in [1.82, 2.24) is 0 Å². The molecule has 0 saturated carbocycles. The van der Waals surface area contributed by atoms with Gasteiger partial charge in [-0.25, -0.2) is 4.79 Å². The molecule has 0 amide bonds. The molecule has 0 aliphatic heterocycles. The van der Waals surface area contributed by atoms with Crippen LogP contribution >= 0.6 is 24.4 Å². The molecule has 1 unspecified atom stereocenters. The van der Waals surface area contributed by atoms with Crippen LogP contribution in [0, 0.1) is 0 Å². The fraction of sp³-hybridized carbons (Fsp3) is 0.250. The van der Waals surface area contributed by atoms with E-state index in [4.69, 9.17) is 5.11 Å². The summed E-state index contributed by atoms with van der Waals surface area (Å²) < 4.78 is 0. The maximum atomic E-state index is 10.6. The number of carboxylic acids is 1. The molecule has 2 nitrogen and oxygen atoms in total. The molecule has 0 aliphatic rings. The zero-order valence-electron chi connectivity index (χ0n) is 8.96. The van der Waals surface area contributed by atoms with Crippen LogP contribution < -0.4 is 0 Å². The lowest BCUT2D eigenvalue weighted by Crippen LogP contribution is -2.03. The highest BCUT2D eigenvalue weighted by molar-refractivity contribution is 8.00. The number of hydrogen-bond acceptors (Lipinski definition) is 3. The highest BCUT2D eigenvalue weighted by atomic mass is 32.2. The molecule has 0 heterocycles. The second-order valence-corrected chi connectivity index (χ2v) is 5.10. The van der Waals surface area contributed by atoms with Crippen molar-refractivity contribution >= 4 is 30.4 Å². The SMILES string of the molecule is CC(=CC(S)CSc1ccccc1)C(=O)O. The molecule has 0 fully saturated rings. The average Bonchev–Trinajstić information content (AvgIpc) is 2.27. The molecule has 1 aromatic rings. The highest BCUT2D eigenvalue weighted by Gasteiger charge is 2.05. The molecule has 0 radical (unpaired) electrons. The van der Waals surface area contributed by atoms with Gasteiger partial charge in [0.1, 0.15) is 0 Å². The molecular weight excluding hydrogens is 240 g/mol. The number of benzene rings is 1. The molecule has 4 heteroatoms. The van der Waals surface area contributed by atoms with Crippen molar-refractivity contribution in [2.45, 2.75) is 17.1 Å². The number of hydrogen-bond donors (Lipinski definition) is 2. The molecule has 1 rings (SSSR count). The third-order valence-corrected chi connectivity index (χ3v) is 3.65. The largest absolute Gasteiger partial charge is 0.478 e. The van der Waals surface area contributed by atoms with Gasteiger partial charge in [-0.2, -0.15) is 12.6 Å². The van der Waals surface area contributed by atoms with Crippen LogP contribution in [0.25, 0.3) is 0 Å². The molecule has 0 bridgehead atoms. The molecule has 1 N–H and O–H groups in total. The maximum absolute atomic E-state index is 10.6. The third-order valence-electron chi connectivity index (χ3n) is 1.94. The van der Waals surface area contributed by atoms with E-state index in [9.17, 15) is 4.79 Å². The summed E-state index contributed by atoms with van der Waals surface area (Å²) in [6.07, 6.45) is 1.67. The first-order chi connectivity index (χ1) is 7.59. The zero-order chi connectivity index (χ0) is 12.0. The van der Waals surface area contributed by atoms with Crippen LogP contribution in [-0.4, -0.2) is 22.1 Å². The van der Waals surface area contributed by atoms with Crippen molar-refractivity contribution < 1.29 is 9.90 Å². The molecule has 0 spiro atoms. The number of carboxylic acid groups (broad SMARTS) is 1. The number of aliphatic carboxylic acids is 1. The summed E-state index contributed by atoms with van der Waals surface area (Å²) in [5.74, 6) is -0.124. The summed E-state index contributed by atoms with van der Waals surface area (Å²) in [6.45, 7) is 1.58. The van der Waals surface area contributed by atoms with Gasteiger partial charge in [0.05, 0.1) is 0 Å². The molecule has 0 aromatic heterocycles. The Morgan fingerprint density at radius 1 is 1.50 bits per heavy atom. The van der Waals surface area contributed by atoms with Crippen LogP contribution in [0.15, 0.2) is 46.9 Å². The van der Waals surface area contributed by atoms with Gasteiger partial charge in [-0.1, -0.05) is 24.3 Å². The fourth-order valence-corrected chi connectivity index (χ4v) is 2.36. The van der Waals surface area contributed by atoms with E-state index >= 15 is 0 Å². The lowest BCUT2D eigenvalue weighted by Gasteiger charge is -2.06. The van der Waals surface area contributed by atoms with Crippen LogP contribution in [0.2, 0.25) is 0 Å². The van der Waals surface area contributed by atoms with Crippen molar-refractivity contribution in [3.05, 3.63) is 42.0 Å². The van der Waals surface area contributed by atoms with Crippen LogP contribution in [0.5, 0.6) is 0 Å². The normalized spacial score (nSPS) is 13.5. The number of carbonyl (C=O) groups is 1. The lowest BCUT2D eigenvalue weighted by molar-refractivity contribution is -0.132. The molecule has 0 saturated heterocycles. The minimum Gasteiger partial charge on any atom is -0.478 e. The summed E-state index contributed by atoms with van der Waals surface area (Å²) in [7, 11) is 0. The lowest BCUT2D eigenvalue weighted by atomic mass is 10.2. The van der Waals surface area contributed by atoms with E-state index in [-0.39, 0.29) is 5.25 Å². The Balaban J connectivity index is 2.45. The molecule has 1 atom stereocenters. The Morgan fingerprint density at radius 3 is 2.69 bits per heavy atom. The molecule has 0 aliphatic carbocycles. The minimum absolute atomic E-state index is 0.0405. The van der Waals surface area contributed by atoms with Crippen LogP contribution in [0.1, 0.15) is 6.92 Å². The second kappa shape index (κ2) is 6.66. The number of thiol groups is 1. The Bertz CT molecular complexity index is 374. The Hall–Kier alpha value is -0.870. The van der Waals surface area contributed by atoms with E-state index in [0.717, 1.165) is 5.75 Å². The summed E-state index contributed by atoms with van der Waals surface area (Å²) in [5, 5.41) is 8.67. The van der Waals surface area contributed by atoms with Crippen LogP contribution in [-0.2, 0) is 4.79 Å². The Labute approximate surface area is 105 Å². The van der Waals surface area contributed by atoms with Crippen molar-refractivity contribution in [3.63, 3.8) is 0 Å². The van der Waals surface area contributed by atoms with E-state index in [0.29, 0.717) is 5.57 Å². The summed E-state index contributed by atoms with van der Waals surface area (Å²) in [5.41, 5.74) is 0.341. The van der Waals surface area contributed by atoms with Gasteiger partial charge in [0.2, 0.25) is 0 Å². The van der Waals surface area contributed by atoms with E-state index in [2.05, 4.69) is 12.6 Å². The topological polar surface area (TPSA) is 37.3 Å². The van der Waals surface area contributed by atoms with Crippen molar-refractivity contribution in [1.29, 1.82) is 0 Å². The molecular formula is C12H14O2S2. The summed E-state index contributed by atoms with van der Waals surface area (Å²) in [4.78, 5) is 11.8. The second-order valence-electron chi connectivity index (χ2n) is 3.35. The van der Waals surface area contributed by atoms with Crippen molar-refractivity contribution in [2.75, 3.05) is 5.75 Å². The van der Waals surface area contributed by atoms with Crippen molar-refractivity contribution in [2.24, 2.45) is 0 Å². The fourth-order valence-electron chi connectivity index (χ4n) is 1.11. The van der Waals surface area contributed by atoms with Gasteiger partial charge < -0.3 is 5.11 Å². The zero-order valence-corrected chi connectivity index (χ0v) is 10.7. The highest BCUT2D eigenvalue weighted by Crippen LogP contribution is 2.20. The van der Waals surface area contributed by atoms with Crippen LogP contribution in [0.3, 0.4) is 0 Å². The summed E-state index contributed by atoms with van der Waals surface area (Å²) in [6, 6.07) is 9.98. The van der Waals surface area contributed by atoms with Gasteiger partial charge in [-0.3, -0.25) is 0 Å². The van der Waals surface area contributed by atoms with Crippen molar-refractivity contribution in [3.8, 4) is 0 Å². The first-order valence-electron chi connectivity index (χ1n) is 4.87. The van der Waals surface area contributed by atoms with Gasteiger partial charge >= 0.3 is 5.97 Å². The average molecular weight is 254 g/mol.